The summed E-state index contributed by atoms with van der Waals surface area (Å²) in [6, 6.07) is 1.95. The summed E-state index contributed by atoms with van der Waals surface area (Å²) in [6.07, 6.45) is 0. The first-order chi connectivity index (χ1) is 9.13. The second kappa shape index (κ2) is 7.68. The van der Waals surface area contributed by atoms with Crippen LogP contribution in [0.5, 0.6) is 0 Å². The van der Waals surface area contributed by atoms with Gasteiger partial charge in [-0.2, -0.15) is 0 Å². The van der Waals surface area contributed by atoms with Crippen molar-refractivity contribution in [3.8, 4) is 0 Å². The largest absolute Gasteiger partial charge is 0.557 e. The summed E-state index contributed by atoms with van der Waals surface area (Å²) in [5.41, 5.74) is 2.04. The Hall–Kier alpha value is -1.84. The van der Waals surface area contributed by atoms with Gasteiger partial charge in [0.15, 0.2) is 0 Å². The zero-order valence-electron chi connectivity index (χ0n) is 14.1. The Balaban J connectivity index is 5.02. The number of rotatable bonds is 7. The quantitative estimate of drug-likeness (QED) is 0.235. The maximum Gasteiger partial charge on any atom is 0.129 e. The van der Waals surface area contributed by atoms with Gasteiger partial charge in [-0.05, 0) is 20.8 Å². The molecule has 4 nitrogen and oxygen atoms in total. The van der Waals surface area contributed by atoms with E-state index in [1.807, 2.05) is 53.2 Å². The van der Waals surface area contributed by atoms with Crippen LogP contribution in [-0.4, -0.2) is 36.9 Å². The first-order valence-corrected chi connectivity index (χ1v) is 6.53. The predicted octanol–water partition coefficient (Wildman–Crippen LogP) is 3.31. The van der Waals surface area contributed by atoms with Gasteiger partial charge in [-0.15, -0.1) is 4.74 Å². The maximum atomic E-state index is 5.76. The lowest BCUT2D eigenvalue weighted by molar-refractivity contribution is -0.752. The Morgan fingerprint density at radius 1 is 0.900 bits per heavy atom. The topological polar surface area (TPSA) is 24.5 Å². The van der Waals surface area contributed by atoms with Gasteiger partial charge in [-0.3, -0.25) is 0 Å². The number of hydrogen-bond donors (Lipinski definition) is 0. The number of hydroxylamine groups is 1. The highest BCUT2D eigenvalue weighted by atomic mass is 16.7. The Bertz CT molecular complexity index is 447. The normalized spacial score (nSPS) is 13.0. The zero-order chi connectivity index (χ0) is 16.0. The molecule has 0 aromatic rings. The van der Waals surface area contributed by atoms with Crippen LogP contribution < -0.4 is 0 Å². The van der Waals surface area contributed by atoms with Gasteiger partial charge in [0.25, 0.3) is 0 Å². The molecule has 114 valence electrons. The Kier molecular flexibility index (Phi) is 6.97. The van der Waals surface area contributed by atoms with Crippen molar-refractivity contribution < 1.29 is 18.9 Å². The van der Waals surface area contributed by atoms with Crippen LogP contribution in [0.25, 0.3) is 0 Å². The molecule has 0 saturated carbocycles. The highest BCUT2D eigenvalue weighted by Gasteiger charge is 2.15. The van der Waals surface area contributed by atoms with Gasteiger partial charge in [0, 0.05) is 12.5 Å². The Labute approximate surface area is 123 Å². The van der Waals surface area contributed by atoms with Crippen molar-refractivity contribution in [1.82, 2.24) is 0 Å². The molecule has 0 fully saturated rings. The molecule has 0 aromatic heterocycles. The summed E-state index contributed by atoms with van der Waals surface area (Å²) < 4.78 is 8.54. The summed E-state index contributed by atoms with van der Waals surface area (Å²) in [5, 5.41) is 0. The fourth-order valence-corrected chi connectivity index (χ4v) is 1.44. The molecule has 4 heteroatoms. The van der Waals surface area contributed by atoms with E-state index in [2.05, 4.69) is 13.4 Å². The number of allylic oxidation sites excluding steroid dienone is 2. The molecule has 0 bridgehead atoms. The molecule has 0 radical (unpaired) electrons. The van der Waals surface area contributed by atoms with E-state index >= 15 is 0 Å². The number of likely N-dealkylation sites (N-methyl/N-ethyl adjacent to an activating group) is 1. The van der Waals surface area contributed by atoms with Gasteiger partial charge < -0.3 is 14.1 Å². The van der Waals surface area contributed by atoms with E-state index in [1.54, 1.807) is 7.11 Å². The van der Waals surface area contributed by atoms with Crippen LogP contribution in [0.4, 0.5) is 0 Å². The average Bonchev–Trinajstić information content (AvgIpc) is 2.42. The van der Waals surface area contributed by atoms with E-state index < -0.39 is 0 Å². The summed E-state index contributed by atoms with van der Waals surface area (Å²) in [6.45, 7) is 19.5. The van der Waals surface area contributed by atoms with Gasteiger partial charge in [-0.1, -0.05) is 31.9 Å². The van der Waals surface area contributed by atoms with Gasteiger partial charge in [0.05, 0.1) is 25.6 Å². The molecule has 0 rings (SSSR count). The second-order valence-corrected chi connectivity index (χ2v) is 4.91. The summed E-state index contributed by atoms with van der Waals surface area (Å²) in [5.74, 6) is 1.63. The highest BCUT2D eigenvalue weighted by molar-refractivity contribution is 5.24. The van der Waals surface area contributed by atoms with Crippen LogP contribution in [0.1, 0.15) is 41.5 Å². The third-order valence-corrected chi connectivity index (χ3v) is 3.64. The van der Waals surface area contributed by atoms with Gasteiger partial charge in [0.1, 0.15) is 13.1 Å². The van der Waals surface area contributed by atoms with E-state index in [0.29, 0.717) is 0 Å². The maximum absolute atomic E-state index is 5.76. The van der Waals surface area contributed by atoms with Crippen molar-refractivity contribution in [3.63, 3.8) is 0 Å². The van der Waals surface area contributed by atoms with Crippen LogP contribution in [0.2, 0.25) is 0 Å². The van der Waals surface area contributed by atoms with Gasteiger partial charge >= 0.3 is 0 Å². The molecule has 0 aliphatic carbocycles. The lowest BCUT2D eigenvalue weighted by Gasteiger charge is -2.22. The molecule has 0 unspecified atom stereocenters. The van der Waals surface area contributed by atoms with Crippen molar-refractivity contribution in [2.45, 2.75) is 41.5 Å². The smallest absolute Gasteiger partial charge is 0.129 e. The van der Waals surface area contributed by atoms with E-state index in [1.165, 1.54) is 4.74 Å². The SMILES string of the molecule is C=[N+](C)[C-](C)/C(C)=C(/C)O[N+](=C)[C-](C)/C(C)=C(/C)OC. The summed E-state index contributed by atoms with van der Waals surface area (Å²) in [7, 11) is 3.55. The zero-order valence-corrected chi connectivity index (χ0v) is 14.1. The van der Waals surface area contributed by atoms with Gasteiger partial charge in [0.2, 0.25) is 0 Å². The molecule has 20 heavy (non-hydrogen) atoms. The molecule has 0 heterocycles. The highest BCUT2D eigenvalue weighted by Crippen LogP contribution is 2.22. The molecule has 0 aromatic carbocycles. The first kappa shape index (κ1) is 18.2. The van der Waals surface area contributed by atoms with Crippen LogP contribution in [-0.2, 0) is 9.57 Å². The minimum atomic E-state index is 0.787. The van der Waals surface area contributed by atoms with E-state index in [9.17, 15) is 0 Å². The lowest BCUT2D eigenvalue weighted by Crippen LogP contribution is -2.19. The van der Waals surface area contributed by atoms with Crippen molar-refractivity contribution in [3.05, 3.63) is 34.7 Å². The molecule has 0 atom stereocenters. The van der Waals surface area contributed by atoms with Crippen molar-refractivity contribution in [2.75, 3.05) is 14.2 Å². The van der Waals surface area contributed by atoms with Crippen LogP contribution in [0.15, 0.2) is 22.7 Å². The molecule has 0 amide bonds. The summed E-state index contributed by atoms with van der Waals surface area (Å²) in [4.78, 5) is 5.76. The number of ether oxygens (including phenoxy) is 1. The minimum Gasteiger partial charge on any atom is -0.557 e. The van der Waals surface area contributed by atoms with Crippen molar-refractivity contribution in [2.24, 2.45) is 0 Å². The molecule has 0 saturated heterocycles. The molecule has 0 aliphatic heterocycles. The standard InChI is InChI=1S/C16H28N2O2/c1-11(13(3)17(7)8)16(6)20-18(9)14(4)12(2)15(5)19-10/h7,9H2,1-6,8,10H3/b15-12-,16-11-. The Morgan fingerprint density at radius 2 is 1.35 bits per heavy atom. The number of methoxy groups -OCH3 is 1. The fraction of sp³-hybridized carbons (Fsp3) is 0.500. The van der Waals surface area contributed by atoms with E-state index in [0.717, 1.165) is 34.7 Å². The third kappa shape index (κ3) is 4.68. The molecule has 0 aliphatic rings. The average molecular weight is 280 g/mol. The second-order valence-electron chi connectivity index (χ2n) is 4.91. The molecular weight excluding hydrogens is 252 g/mol. The van der Waals surface area contributed by atoms with E-state index in [4.69, 9.17) is 9.57 Å². The van der Waals surface area contributed by atoms with Crippen molar-refractivity contribution in [1.29, 1.82) is 0 Å². The third-order valence-electron chi connectivity index (χ3n) is 3.64. The Morgan fingerprint density at radius 3 is 1.75 bits per heavy atom. The van der Waals surface area contributed by atoms with Crippen LogP contribution in [0, 0.1) is 12.1 Å². The predicted molar refractivity (Wildman–Crippen MR) is 83.4 cm³/mol. The minimum absolute atomic E-state index is 0.787. The first-order valence-electron chi connectivity index (χ1n) is 6.53. The fourth-order valence-electron chi connectivity index (χ4n) is 1.44. The summed E-state index contributed by atoms with van der Waals surface area (Å²) >= 11 is 0. The molecule has 0 N–H and O–H groups in total. The number of nitrogens with zero attached hydrogens (tertiary/aromatic N) is 2. The lowest BCUT2D eigenvalue weighted by atomic mass is 10.1. The molecule has 0 spiro atoms. The number of hydrogen-bond acceptors (Lipinski definition) is 2. The van der Waals surface area contributed by atoms with Crippen LogP contribution >= 0.6 is 0 Å². The van der Waals surface area contributed by atoms with Gasteiger partial charge in [-0.25, -0.2) is 0 Å². The molecular formula is C16H28N2O2. The van der Waals surface area contributed by atoms with Crippen LogP contribution in [0.3, 0.4) is 0 Å². The monoisotopic (exact) mass is 280 g/mol. The van der Waals surface area contributed by atoms with E-state index in [-0.39, 0.29) is 0 Å². The van der Waals surface area contributed by atoms with Crippen molar-refractivity contribution >= 4 is 13.4 Å².